The number of likely N-dealkylation sites (N-methyl/N-ethyl adjacent to an activating group) is 1. The summed E-state index contributed by atoms with van der Waals surface area (Å²) in [6, 6.07) is 9.10. The van der Waals surface area contributed by atoms with Crippen molar-refractivity contribution in [2.45, 2.75) is 24.9 Å². The summed E-state index contributed by atoms with van der Waals surface area (Å²) < 4.78 is 67.9. The zero-order valence-corrected chi connectivity index (χ0v) is 20.5. The zero-order valence-electron chi connectivity index (χ0n) is 19.7. The quantitative estimate of drug-likeness (QED) is 0.351. The Kier molecular flexibility index (Phi) is 9.66. The fourth-order valence-corrected chi connectivity index (χ4v) is 3.74. The Morgan fingerprint density at radius 3 is 2.49 bits per heavy atom. The number of aromatic amines is 1. The molecule has 2 rings (SSSR count). The molecular formula is C23H29F3N4O4S. The molecule has 35 heavy (non-hydrogen) atoms. The first-order valence-electron chi connectivity index (χ1n) is 10.8. The van der Waals surface area contributed by atoms with E-state index in [4.69, 9.17) is 10.5 Å². The van der Waals surface area contributed by atoms with Crippen molar-refractivity contribution in [3.63, 3.8) is 0 Å². The van der Waals surface area contributed by atoms with E-state index in [1.807, 2.05) is 18.7 Å². The minimum absolute atomic E-state index is 0.0914. The molecule has 0 amide bonds. The molecule has 0 spiro atoms. The molecule has 1 aromatic heterocycles. The van der Waals surface area contributed by atoms with Gasteiger partial charge in [-0.05, 0) is 49.0 Å². The normalized spacial score (nSPS) is 13.3. The van der Waals surface area contributed by atoms with Crippen molar-refractivity contribution in [2.75, 3.05) is 39.0 Å². The molecule has 0 fully saturated rings. The average Bonchev–Trinajstić information content (AvgIpc) is 3.28. The van der Waals surface area contributed by atoms with Gasteiger partial charge in [0.2, 0.25) is 0 Å². The van der Waals surface area contributed by atoms with Gasteiger partial charge in [0.25, 0.3) is 0 Å². The first-order valence-corrected chi connectivity index (χ1v) is 12.7. The van der Waals surface area contributed by atoms with Crippen molar-refractivity contribution < 1.29 is 31.1 Å². The molecule has 0 aliphatic heterocycles. The number of allylic oxidation sites excluding steroid dienone is 2. The molecule has 0 aliphatic rings. The highest BCUT2D eigenvalue weighted by atomic mass is 32.2. The van der Waals surface area contributed by atoms with Gasteiger partial charge in [0.15, 0.2) is 9.84 Å². The number of alkyl halides is 3. The summed E-state index contributed by atoms with van der Waals surface area (Å²) in [5, 5.41) is 0. The Labute approximate surface area is 202 Å². The molecule has 0 saturated carbocycles. The van der Waals surface area contributed by atoms with Crippen molar-refractivity contribution in [2.24, 2.45) is 10.7 Å². The third kappa shape index (κ3) is 8.55. The molecule has 192 valence electrons. The number of nitrogens with two attached hydrogens (primary N) is 1. The summed E-state index contributed by atoms with van der Waals surface area (Å²) in [5.74, 6) is -0.693. The van der Waals surface area contributed by atoms with Crippen LogP contribution in [0.5, 0.6) is 0 Å². The molecule has 2 aromatic rings. The second kappa shape index (κ2) is 12.0. The van der Waals surface area contributed by atoms with Gasteiger partial charge in [0, 0.05) is 18.5 Å². The summed E-state index contributed by atoms with van der Waals surface area (Å²) >= 11 is 0. The van der Waals surface area contributed by atoms with Gasteiger partial charge in [-0.1, -0.05) is 26.0 Å². The smallest absolute Gasteiger partial charge is 0.430 e. The fraction of sp³-hybridized carbons (Fsp3) is 0.391. The summed E-state index contributed by atoms with van der Waals surface area (Å²) in [5.41, 5.74) is 4.69. The molecule has 0 aliphatic carbocycles. The first-order chi connectivity index (χ1) is 16.3. The van der Waals surface area contributed by atoms with E-state index >= 15 is 0 Å². The number of hydrogen-bond donors (Lipinski definition) is 2. The van der Waals surface area contributed by atoms with E-state index in [2.05, 4.69) is 9.98 Å². The second-order valence-electron chi connectivity index (χ2n) is 7.63. The van der Waals surface area contributed by atoms with Crippen molar-refractivity contribution in [1.29, 1.82) is 0 Å². The lowest BCUT2D eigenvalue weighted by Crippen LogP contribution is -2.28. The zero-order chi connectivity index (χ0) is 26.2. The topological polar surface area (TPSA) is 118 Å². The number of rotatable bonds is 11. The van der Waals surface area contributed by atoms with Crippen molar-refractivity contribution in [3.05, 3.63) is 53.9 Å². The number of sulfone groups is 1. The minimum atomic E-state index is -4.79. The van der Waals surface area contributed by atoms with Gasteiger partial charge in [-0.25, -0.2) is 8.42 Å². The lowest BCUT2D eigenvalue weighted by molar-refractivity contribution is -0.142. The Morgan fingerprint density at radius 1 is 1.20 bits per heavy atom. The fourth-order valence-electron chi connectivity index (χ4n) is 3.07. The highest BCUT2D eigenvalue weighted by Gasteiger charge is 2.32. The maximum atomic E-state index is 13.0. The number of halogens is 3. The van der Waals surface area contributed by atoms with Crippen LogP contribution < -0.4 is 5.73 Å². The maximum absolute atomic E-state index is 13.0. The Hall–Kier alpha value is -3.12. The first kappa shape index (κ1) is 28.1. The largest absolute Gasteiger partial charge is 0.463 e. The predicted octanol–water partition coefficient (Wildman–Crippen LogP) is 3.16. The number of H-pyrrole nitrogens is 1. The molecule has 0 bridgehead atoms. The molecule has 0 saturated heterocycles. The summed E-state index contributed by atoms with van der Waals surface area (Å²) in [7, 11) is -3.45. The number of carbonyl (C=O) groups is 1. The van der Waals surface area contributed by atoms with Crippen LogP contribution in [-0.2, 0) is 19.4 Å². The predicted molar refractivity (Wildman–Crippen MR) is 128 cm³/mol. The molecule has 12 heteroatoms. The number of carbonyl (C=O) groups excluding carboxylic acids is 1. The number of benzene rings is 1. The van der Waals surface area contributed by atoms with Crippen LogP contribution >= 0.6 is 0 Å². The van der Waals surface area contributed by atoms with Crippen LogP contribution in [-0.4, -0.2) is 75.2 Å². The monoisotopic (exact) mass is 514 g/mol. The third-order valence-corrected chi connectivity index (χ3v) is 6.21. The molecule has 0 unspecified atom stereocenters. The van der Waals surface area contributed by atoms with E-state index in [1.165, 1.54) is 18.2 Å². The standard InChI is InChI=1S/C23H29F3N4O4S/c1-4-30(5-2)11-12-34-22(31)15-28-20(14-21(27)23(24,25)26)19-10-9-18(29-19)16-7-6-8-17(13-16)35(3,32)33/h6-10,13-14,29H,4-5,11-12,15,27H2,1-3H3. The number of aromatic nitrogens is 1. The van der Waals surface area contributed by atoms with Crippen LogP contribution in [0.1, 0.15) is 19.5 Å². The lowest BCUT2D eigenvalue weighted by atomic mass is 10.2. The Bertz CT molecular complexity index is 1180. The summed E-state index contributed by atoms with van der Waals surface area (Å²) in [6.07, 6.45) is -3.08. The van der Waals surface area contributed by atoms with Crippen LogP contribution in [0.3, 0.4) is 0 Å². The van der Waals surface area contributed by atoms with Gasteiger partial charge in [-0.2, -0.15) is 13.2 Å². The van der Waals surface area contributed by atoms with Crippen molar-refractivity contribution in [1.82, 2.24) is 9.88 Å². The molecule has 8 nitrogen and oxygen atoms in total. The van der Waals surface area contributed by atoms with Gasteiger partial charge in [0.1, 0.15) is 18.8 Å². The number of nitrogens with one attached hydrogen (secondary N) is 1. The van der Waals surface area contributed by atoms with Gasteiger partial charge in [0.05, 0.1) is 16.3 Å². The third-order valence-electron chi connectivity index (χ3n) is 5.10. The van der Waals surface area contributed by atoms with Crippen LogP contribution in [0.4, 0.5) is 13.2 Å². The number of ether oxygens (including phenoxy) is 1. The van der Waals surface area contributed by atoms with E-state index < -0.39 is 34.2 Å². The van der Waals surface area contributed by atoms with Crippen LogP contribution in [0.25, 0.3) is 11.3 Å². The highest BCUT2D eigenvalue weighted by Crippen LogP contribution is 2.24. The van der Waals surface area contributed by atoms with E-state index in [-0.39, 0.29) is 22.9 Å². The van der Waals surface area contributed by atoms with Gasteiger partial charge >= 0.3 is 12.1 Å². The van der Waals surface area contributed by atoms with E-state index in [0.717, 1.165) is 19.3 Å². The average molecular weight is 515 g/mol. The Balaban J connectivity index is 2.29. The van der Waals surface area contributed by atoms with Crippen LogP contribution in [0.2, 0.25) is 0 Å². The van der Waals surface area contributed by atoms with E-state index in [9.17, 15) is 26.4 Å². The SMILES string of the molecule is CCN(CC)CCOC(=O)CN=C(C=C(N)C(F)(F)F)c1ccc(-c2cccc(S(C)(=O)=O)c2)[nH]1. The lowest BCUT2D eigenvalue weighted by Gasteiger charge is -2.17. The Morgan fingerprint density at radius 2 is 1.89 bits per heavy atom. The van der Waals surface area contributed by atoms with E-state index in [0.29, 0.717) is 23.9 Å². The van der Waals surface area contributed by atoms with Crippen molar-refractivity contribution in [3.8, 4) is 11.3 Å². The molecule has 3 N–H and O–H groups in total. The highest BCUT2D eigenvalue weighted by molar-refractivity contribution is 7.90. The summed E-state index contributed by atoms with van der Waals surface area (Å²) in [6.45, 7) is 5.69. The number of esters is 1. The molecular weight excluding hydrogens is 485 g/mol. The molecule has 0 radical (unpaired) electrons. The number of aliphatic imine (C=N–C) groups is 1. The van der Waals surface area contributed by atoms with Gasteiger partial charge < -0.3 is 20.4 Å². The maximum Gasteiger partial charge on any atom is 0.430 e. The molecule has 1 heterocycles. The van der Waals surface area contributed by atoms with Crippen LogP contribution in [0.15, 0.2) is 58.1 Å². The molecule has 0 atom stereocenters. The van der Waals surface area contributed by atoms with Crippen molar-refractivity contribution >= 4 is 21.5 Å². The minimum Gasteiger partial charge on any atom is -0.463 e. The number of hydrogen-bond acceptors (Lipinski definition) is 7. The second-order valence-corrected chi connectivity index (χ2v) is 9.65. The molecule has 1 aromatic carbocycles. The summed E-state index contributed by atoms with van der Waals surface area (Å²) in [4.78, 5) is 21.1. The van der Waals surface area contributed by atoms with E-state index in [1.54, 1.807) is 18.2 Å². The van der Waals surface area contributed by atoms with Gasteiger partial charge in [-0.3, -0.25) is 9.79 Å². The van der Waals surface area contributed by atoms with Crippen LogP contribution in [0, 0.1) is 0 Å². The van der Waals surface area contributed by atoms with Gasteiger partial charge in [-0.15, -0.1) is 0 Å². The number of nitrogens with zero attached hydrogens (tertiary/aromatic N) is 2.